The molecule has 0 saturated carbocycles. The van der Waals surface area contributed by atoms with Crippen LogP contribution in [0.15, 0.2) is 41.3 Å². The zero-order valence-electron chi connectivity index (χ0n) is 16.1. The van der Waals surface area contributed by atoms with Crippen LogP contribution in [0.1, 0.15) is 36.1 Å². The Bertz CT molecular complexity index is 796. The van der Waals surface area contributed by atoms with Crippen LogP contribution < -0.4 is 15.0 Å². The fourth-order valence-corrected chi connectivity index (χ4v) is 3.09. The maximum atomic E-state index is 12.4. The number of hydrogen-bond donors (Lipinski definition) is 1. The Labute approximate surface area is 164 Å². The molecule has 0 aliphatic carbocycles. The van der Waals surface area contributed by atoms with Crippen LogP contribution in [0.3, 0.4) is 0 Å². The molecule has 1 fully saturated rings. The summed E-state index contributed by atoms with van der Waals surface area (Å²) in [5.41, 5.74) is 1.84. The molecular weight excluding hydrogens is 362 g/mol. The molecule has 2 heterocycles. The summed E-state index contributed by atoms with van der Waals surface area (Å²) in [4.78, 5) is 18.1. The van der Waals surface area contributed by atoms with E-state index in [0.717, 1.165) is 37.2 Å². The van der Waals surface area contributed by atoms with Crippen molar-refractivity contribution in [2.45, 2.75) is 38.6 Å². The summed E-state index contributed by atoms with van der Waals surface area (Å²) in [7, 11) is 1.61. The number of aliphatic hydroxyl groups excluding tert-OH is 1. The van der Waals surface area contributed by atoms with E-state index in [2.05, 4.69) is 0 Å². The van der Waals surface area contributed by atoms with Gasteiger partial charge in [-0.2, -0.15) is 4.73 Å². The van der Waals surface area contributed by atoms with E-state index in [1.807, 2.05) is 24.3 Å². The Morgan fingerprint density at radius 2 is 2.04 bits per heavy atom. The maximum Gasteiger partial charge on any atom is 0.185 e. The summed E-state index contributed by atoms with van der Waals surface area (Å²) in [5.74, 6) is 0.766. The molecule has 1 aliphatic heterocycles. The second-order valence-electron chi connectivity index (χ2n) is 6.66. The number of pyridine rings is 1. The molecule has 1 aromatic heterocycles. The number of nitrogens with zero attached hydrogens (tertiary/aromatic N) is 1. The van der Waals surface area contributed by atoms with Gasteiger partial charge in [-0.3, -0.25) is 4.79 Å². The van der Waals surface area contributed by atoms with Crippen LogP contribution in [0.2, 0.25) is 0 Å². The monoisotopic (exact) mass is 389 g/mol. The third-order valence-electron chi connectivity index (χ3n) is 4.64. The quantitative estimate of drug-likeness (QED) is 0.660. The molecule has 1 N–H and O–H groups in total. The van der Waals surface area contributed by atoms with Gasteiger partial charge in [-0.15, -0.1) is 0 Å². The molecule has 152 valence electrons. The average Bonchev–Trinajstić information content (AvgIpc) is 2.74. The van der Waals surface area contributed by atoms with E-state index < -0.39 is 0 Å². The van der Waals surface area contributed by atoms with Gasteiger partial charge in [0.1, 0.15) is 12.4 Å². The van der Waals surface area contributed by atoms with Gasteiger partial charge >= 0.3 is 0 Å². The van der Waals surface area contributed by atoms with Crippen LogP contribution in [0.25, 0.3) is 0 Å². The first-order chi connectivity index (χ1) is 13.7. The second kappa shape index (κ2) is 10.3. The maximum absolute atomic E-state index is 12.4. The Morgan fingerprint density at radius 1 is 1.21 bits per heavy atom. The summed E-state index contributed by atoms with van der Waals surface area (Å²) in [6, 6.07) is 8.96. The van der Waals surface area contributed by atoms with Crippen molar-refractivity contribution in [3.05, 3.63) is 63.6 Å². The van der Waals surface area contributed by atoms with Crippen molar-refractivity contribution in [3.8, 4) is 5.75 Å². The third kappa shape index (κ3) is 5.58. The van der Waals surface area contributed by atoms with E-state index in [1.54, 1.807) is 13.3 Å². The summed E-state index contributed by atoms with van der Waals surface area (Å²) < 4.78 is 17.8. The molecule has 1 saturated heterocycles. The first kappa shape index (κ1) is 20.4. The van der Waals surface area contributed by atoms with Crippen LogP contribution in [0.4, 0.5) is 0 Å². The second-order valence-corrected chi connectivity index (χ2v) is 6.66. The molecule has 0 radical (unpaired) electrons. The molecule has 0 amide bonds. The number of aromatic nitrogens is 1. The SMILES string of the molecule is COc1ccc(Cc2cn(OCCOC3CCCCO3)c(CO)cc2=O)cc1. The lowest BCUT2D eigenvalue weighted by Crippen LogP contribution is -2.28. The Hall–Kier alpha value is -2.35. The summed E-state index contributed by atoms with van der Waals surface area (Å²) in [5, 5.41) is 9.54. The number of ether oxygens (including phenoxy) is 3. The predicted molar refractivity (Wildman–Crippen MR) is 103 cm³/mol. The van der Waals surface area contributed by atoms with Crippen LogP contribution in [0.5, 0.6) is 5.75 Å². The standard InChI is InChI=1S/C21H27NO6/c1-25-19-7-5-16(6-8-19)12-17-14-22(18(15-23)13-20(17)24)28-11-10-27-21-4-2-3-9-26-21/h5-8,13-14,21,23H,2-4,9-12,15H2,1H3. The number of methoxy groups -OCH3 is 1. The predicted octanol–water partition coefficient (Wildman–Crippen LogP) is 1.91. The van der Waals surface area contributed by atoms with Gasteiger partial charge in [0.25, 0.3) is 0 Å². The van der Waals surface area contributed by atoms with E-state index in [1.165, 1.54) is 10.8 Å². The number of aliphatic hydroxyl groups is 1. The Balaban J connectivity index is 1.62. The van der Waals surface area contributed by atoms with Crippen molar-refractivity contribution in [3.63, 3.8) is 0 Å². The van der Waals surface area contributed by atoms with Gasteiger partial charge < -0.3 is 24.2 Å². The normalized spacial score (nSPS) is 16.7. The number of benzene rings is 1. The fourth-order valence-electron chi connectivity index (χ4n) is 3.09. The van der Waals surface area contributed by atoms with Gasteiger partial charge in [-0.25, -0.2) is 0 Å². The van der Waals surface area contributed by atoms with Crippen LogP contribution in [-0.4, -0.2) is 43.1 Å². The Morgan fingerprint density at radius 3 is 2.71 bits per heavy atom. The van der Waals surface area contributed by atoms with E-state index in [9.17, 15) is 9.90 Å². The zero-order chi connectivity index (χ0) is 19.8. The highest BCUT2D eigenvalue weighted by molar-refractivity contribution is 5.31. The molecule has 0 spiro atoms. The van der Waals surface area contributed by atoms with Crippen molar-refractivity contribution in [1.82, 2.24) is 4.73 Å². The van der Waals surface area contributed by atoms with E-state index in [-0.39, 0.29) is 24.9 Å². The van der Waals surface area contributed by atoms with Crippen molar-refractivity contribution in [2.24, 2.45) is 0 Å². The number of hydrogen-bond acceptors (Lipinski definition) is 6. The van der Waals surface area contributed by atoms with Gasteiger partial charge in [0.15, 0.2) is 11.7 Å². The first-order valence-electron chi connectivity index (χ1n) is 9.54. The molecule has 28 heavy (non-hydrogen) atoms. The highest BCUT2D eigenvalue weighted by atomic mass is 16.7. The van der Waals surface area contributed by atoms with Gasteiger partial charge in [-0.05, 0) is 37.0 Å². The molecule has 0 bridgehead atoms. The van der Waals surface area contributed by atoms with Crippen molar-refractivity contribution in [2.75, 3.05) is 26.9 Å². The van der Waals surface area contributed by atoms with Crippen molar-refractivity contribution >= 4 is 0 Å². The van der Waals surface area contributed by atoms with Crippen LogP contribution >= 0.6 is 0 Å². The minimum Gasteiger partial charge on any atom is -0.497 e. The van der Waals surface area contributed by atoms with Gasteiger partial charge in [-0.1, -0.05) is 12.1 Å². The highest BCUT2D eigenvalue weighted by Gasteiger charge is 2.14. The summed E-state index contributed by atoms with van der Waals surface area (Å²) in [6.07, 6.45) is 5.00. The first-order valence-corrected chi connectivity index (χ1v) is 9.54. The topological polar surface area (TPSA) is 79.2 Å². The highest BCUT2D eigenvalue weighted by Crippen LogP contribution is 2.15. The molecule has 2 aromatic rings. The lowest BCUT2D eigenvalue weighted by Gasteiger charge is -2.23. The average molecular weight is 389 g/mol. The summed E-state index contributed by atoms with van der Waals surface area (Å²) >= 11 is 0. The molecular formula is C21H27NO6. The zero-order valence-corrected chi connectivity index (χ0v) is 16.1. The lowest BCUT2D eigenvalue weighted by atomic mass is 10.1. The van der Waals surface area contributed by atoms with Crippen LogP contribution in [-0.2, 0) is 22.5 Å². The van der Waals surface area contributed by atoms with Crippen molar-refractivity contribution in [1.29, 1.82) is 0 Å². The van der Waals surface area contributed by atoms with Gasteiger partial charge in [0, 0.05) is 24.7 Å². The van der Waals surface area contributed by atoms with Crippen molar-refractivity contribution < 1.29 is 24.2 Å². The van der Waals surface area contributed by atoms with E-state index in [4.69, 9.17) is 19.0 Å². The molecule has 3 rings (SSSR count). The molecule has 1 aliphatic rings. The third-order valence-corrected chi connectivity index (χ3v) is 4.64. The van der Waals surface area contributed by atoms with Gasteiger partial charge in [0.2, 0.25) is 0 Å². The molecule has 7 nitrogen and oxygen atoms in total. The van der Waals surface area contributed by atoms with E-state index in [0.29, 0.717) is 24.3 Å². The Kier molecular flexibility index (Phi) is 7.47. The molecule has 1 atom stereocenters. The molecule has 1 unspecified atom stereocenters. The largest absolute Gasteiger partial charge is 0.497 e. The minimum atomic E-state index is -0.287. The number of rotatable bonds is 9. The summed E-state index contributed by atoms with van der Waals surface area (Å²) in [6.45, 7) is 1.10. The van der Waals surface area contributed by atoms with E-state index >= 15 is 0 Å². The lowest BCUT2D eigenvalue weighted by molar-refractivity contribution is -0.169. The smallest absolute Gasteiger partial charge is 0.185 e. The minimum absolute atomic E-state index is 0.133. The molecule has 7 heteroatoms. The van der Waals surface area contributed by atoms with Crippen LogP contribution in [0, 0.1) is 0 Å². The molecule has 1 aromatic carbocycles. The van der Waals surface area contributed by atoms with Gasteiger partial charge in [0.05, 0.1) is 32.2 Å². The fraction of sp³-hybridized carbons (Fsp3) is 0.476.